The molecule has 0 bridgehead atoms. The lowest BCUT2D eigenvalue weighted by atomic mass is 10.1. The van der Waals surface area contributed by atoms with Gasteiger partial charge in [0, 0.05) is 12.6 Å². The van der Waals surface area contributed by atoms with E-state index in [-0.39, 0.29) is 18.5 Å². The molecule has 1 amide bonds. The molecule has 32 heavy (non-hydrogen) atoms. The Kier molecular flexibility index (Phi) is 13.1. The number of benzene rings is 1. The van der Waals surface area contributed by atoms with Crippen LogP contribution in [0.3, 0.4) is 0 Å². The summed E-state index contributed by atoms with van der Waals surface area (Å²) in [5.74, 6) is -3.27. The second-order valence-corrected chi connectivity index (χ2v) is 7.53. The van der Waals surface area contributed by atoms with E-state index in [1.807, 2.05) is 0 Å². The maximum Gasteiger partial charge on any atom is 0.338 e. The summed E-state index contributed by atoms with van der Waals surface area (Å²) in [5.41, 5.74) is 0.843. The maximum absolute atomic E-state index is 12.5. The minimum atomic E-state index is -1.07. The third-order valence-electron chi connectivity index (χ3n) is 4.81. The van der Waals surface area contributed by atoms with E-state index in [1.165, 1.54) is 37.5 Å². The summed E-state index contributed by atoms with van der Waals surface area (Å²) in [7, 11) is 0. The zero-order chi connectivity index (χ0) is 23.8. The molecule has 3 N–H and O–H groups in total. The van der Waals surface area contributed by atoms with Crippen molar-refractivity contribution in [1.29, 1.82) is 0 Å². The van der Waals surface area contributed by atoms with Gasteiger partial charge in [-0.2, -0.15) is 0 Å². The molecule has 1 unspecified atom stereocenters. The third kappa shape index (κ3) is 11.9. The second-order valence-electron chi connectivity index (χ2n) is 7.53. The lowest BCUT2D eigenvalue weighted by Crippen LogP contribution is -2.38. The maximum atomic E-state index is 12.5. The Morgan fingerprint density at radius 2 is 1.59 bits per heavy atom. The molecule has 0 aliphatic carbocycles. The number of nitrogens with one attached hydrogen (secondary N) is 1. The highest BCUT2D eigenvalue weighted by Gasteiger charge is 2.23. The van der Waals surface area contributed by atoms with E-state index < -0.39 is 29.9 Å². The molecule has 1 aromatic carbocycles. The predicted octanol–water partition coefficient (Wildman–Crippen LogP) is 4.04. The van der Waals surface area contributed by atoms with Crippen molar-refractivity contribution in [3.63, 3.8) is 0 Å². The molecular formula is C24H33NO7. The number of carboxylic acids is 2. The van der Waals surface area contributed by atoms with Crippen LogP contribution in [0, 0.1) is 0 Å². The van der Waals surface area contributed by atoms with Gasteiger partial charge in [-0.1, -0.05) is 57.6 Å². The van der Waals surface area contributed by atoms with Crippen molar-refractivity contribution in [1.82, 2.24) is 5.32 Å². The highest BCUT2D eigenvalue weighted by atomic mass is 16.5. The highest BCUT2D eigenvalue weighted by molar-refractivity contribution is 5.92. The van der Waals surface area contributed by atoms with Crippen molar-refractivity contribution in [3.8, 4) is 0 Å². The number of rotatable bonds is 16. The molecular weight excluding hydrogens is 414 g/mol. The van der Waals surface area contributed by atoms with Crippen LogP contribution in [0.4, 0.5) is 0 Å². The van der Waals surface area contributed by atoms with Gasteiger partial charge in [0.1, 0.15) is 0 Å². The SMILES string of the molecule is CCCCCCCCCC(OC(=O)c1ccc(C=CC(=O)O)cc1)C(=O)NCCC(=O)O. The van der Waals surface area contributed by atoms with E-state index >= 15 is 0 Å². The van der Waals surface area contributed by atoms with Gasteiger partial charge in [0.2, 0.25) is 0 Å². The molecule has 176 valence electrons. The van der Waals surface area contributed by atoms with E-state index in [1.54, 1.807) is 12.1 Å². The van der Waals surface area contributed by atoms with Gasteiger partial charge in [-0.25, -0.2) is 9.59 Å². The van der Waals surface area contributed by atoms with E-state index in [0.29, 0.717) is 12.0 Å². The average Bonchev–Trinajstić information content (AvgIpc) is 2.76. The standard InChI is InChI=1S/C24H33NO7/c1-2-3-4-5-6-7-8-9-20(23(30)25-17-16-22(28)29)32-24(31)19-13-10-18(11-14-19)12-15-21(26)27/h10-15,20H,2-9,16-17H2,1H3,(H,25,30)(H,26,27)(H,28,29). The van der Waals surface area contributed by atoms with Gasteiger partial charge in [-0.05, 0) is 36.6 Å². The van der Waals surface area contributed by atoms with Crippen molar-refractivity contribution in [2.24, 2.45) is 0 Å². The van der Waals surface area contributed by atoms with Crippen molar-refractivity contribution < 1.29 is 34.1 Å². The molecule has 1 atom stereocenters. The lowest BCUT2D eigenvalue weighted by molar-refractivity contribution is -0.137. The summed E-state index contributed by atoms with van der Waals surface area (Å²) in [6.45, 7) is 2.12. The fourth-order valence-corrected chi connectivity index (χ4v) is 3.03. The van der Waals surface area contributed by atoms with E-state index in [9.17, 15) is 19.2 Å². The van der Waals surface area contributed by atoms with Crippen LogP contribution < -0.4 is 5.32 Å². The van der Waals surface area contributed by atoms with Crippen LogP contribution in [0.5, 0.6) is 0 Å². The highest BCUT2D eigenvalue weighted by Crippen LogP contribution is 2.14. The zero-order valence-corrected chi connectivity index (χ0v) is 18.5. The van der Waals surface area contributed by atoms with Crippen LogP contribution in [0.2, 0.25) is 0 Å². The lowest BCUT2D eigenvalue weighted by Gasteiger charge is -2.17. The van der Waals surface area contributed by atoms with Gasteiger partial charge in [0.15, 0.2) is 6.10 Å². The molecule has 1 aromatic rings. The number of hydrogen-bond donors (Lipinski definition) is 3. The number of aliphatic carboxylic acids is 2. The number of carbonyl (C=O) groups excluding carboxylic acids is 2. The average molecular weight is 448 g/mol. The van der Waals surface area contributed by atoms with Gasteiger partial charge in [0.05, 0.1) is 12.0 Å². The summed E-state index contributed by atoms with van der Waals surface area (Å²) < 4.78 is 5.43. The van der Waals surface area contributed by atoms with Gasteiger partial charge >= 0.3 is 17.9 Å². The predicted molar refractivity (Wildman–Crippen MR) is 120 cm³/mol. The molecule has 0 radical (unpaired) electrons. The Morgan fingerprint density at radius 3 is 2.19 bits per heavy atom. The van der Waals surface area contributed by atoms with Gasteiger partial charge < -0.3 is 20.3 Å². The Labute approximate surface area is 188 Å². The largest absolute Gasteiger partial charge is 0.481 e. The summed E-state index contributed by atoms with van der Waals surface area (Å²) in [5, 5.41) is 19.9. The van der Waals surface area contributed by atoms with Crippen molar-refractivity contribution in [2.45, 2.75) is 70.8 Å². The fourth-order valence-electron chi connectivity index (χ4n) is 3.03. The molecule has 0 fully saturated rings. The minimum absolute atomic E-state index is 0.0379. The molecule has 8 nitrogen and oxygen atoms in total. The van der Waals surface area contributed by atoms with Crippen molar-refractivity contribution in [3.05, 3.63) is 41.5 Å². The fraction of sp³-hybridized carbons (Fsp3) is 0.500. The Hall–Kier alpha value is -3.16. The van der Waals surface area contributed by atoms with Crippen molar-refractivity contribution in [2.75, 3.05) is 6.54 Å². The van der Waals surface area contributed by atoms with Crippen LogP contribution in [-0.4, -0.2) is 46.7 Å². The molecule has 8 heteroatoms. The van der Waals surface area contributed by atoms with E-state index in [4.69, 9.17) is 14.9 Å². The van der Waals surface area contributed by atoms with Gasteiger partial charge in [-0.15, -0.1) is 0 Å². The third-order valence-corrected chi connectivity index (χ3v) is 4.81. The quantitative estimate of drug-likeness (QED) is 0.198. The molecule has 0 aliphatic heterocycles. The number of esters is 1. The first-order valence-corrected chi connectivity index (χ1v) is 11.0. The number of carboxylic acid groups (broad SMARTS) is 2. The number of carbonyl (C=O) groups is 4. The molecule has 0 saturated heterocycles. The van der Waals surface area contributed by atoms with Crippen LogP contribution >= 0.6 is 0 Å². The smallest absolute Gasteiger partial charge is 0.338 e. The zero-order valence-electron chi connectivity index (χ0n) is 18.5. The molecule has 0 saturated carbocycles. The van der Waals surface area contributed by atoms with Gasteiger partial charge in [0.25, 0.3) is 5.91 Å². The number of hydrogen-bond acceptors (Lipinski definition) is 5. The Bertz CT molecular complexity index is 771. The molecule has 0 aromatic heterocycles. The molecule has 0 spiro atoms. The Morgan fingerprint density at radius 1 is 0.969 bits per heavy atom. The minimum Gasteiger partial charge on any atom is -0.481 e. The molecule has 1 rings (SSSR count). The van der Waals surface area contributed by atoms with E-state index in [0.717, 1.165) is 31.8 Å². The molecule has 0 heterocycles. The first-order chi connectivity index (χ1) is 15.3. The first-order valence-electron chi connectivity index (χ1n) is 11.0. The topological polar surface area (TPSA) is 130 Å². The summed E-state index contributed by atoms with van der Waals surface area (Å²) >= 11 is 0. The number of unbranched alkanes of at least 4 members (excludes halogenated alkanes) is 6. The monoisotopic (exact) mass is 447 g/mol. The van der Waals surface area contributed by atoms with Crippen LogP contribution in [0.1, 0.15) is 80.6 Å². The van der Waals surface area contributed by atoms with Crippen LogP contribution in [0.25, 0.3) is 6.08 Å². The van der Waals surface area contributed by atoms with Crippen molar-refractivity contribution >= 4 is 29.9 Å². The summed E-state index contributed by atoms with van der Waals surface area (Å²) in [6, 6.07) is 6.15. The first kappa shape index (κ1) is 26.9. The molecule has 0 aliphatic rings. The van der Waals surface area contributed by atoms with Crippen LogP contribution in [-0.2, 0) is 19.1 Å². The summed E-state index contributed by atoms with van der Waals surface area (Å²) in [6.07, 6.45) is 8.92. The normalized spacial score (nSPS) is 11.8. The van der Waals surface area contributed by atoms with E-state index in [2.05, 4.69) is 12.2 Å². The second kappa shape index (κ2) is 15.6. The van der Waals surface area contributed by atoms with Gasteiger partial charge in [-0.3, -0.25) is 9.59 Å². The number of ether oxygens (including phenoxy) is 1. The van der Waals surface area contributed by atoms with Crippen LogP contribution in [0.15, 0.2) is 30.3 Å². The summed E-state index contributed by atoms with van der Waals surface area (Å²) in [4.78, 5) is 46.2. The Balaban J connectivity index is 2.67. The number of amides is 1.